The molecule has 3 saturated heterocycles. The Labute approximate surface area is 142 Å². The van der Waals surface area contributed by atoms with Crippen LogP contribution in [0.15, 0.2) is 0 Å². The Bertz CT molecular complexity index is 480. The van der Waals surface area contributed by atoms with Crippen LogP contribution >= 0.6 is 0 Å². The van der Waals surface area contributed by atoms with Crippen molar-refractivity contribution in [2.24, 2.45) is 0 Å². The molecule has 4 rings (SSSR count). The number of aliphatic hydroxyl groups excluding tert-OH is 1. The van der Waals surface area contributed by atoms with E-state index in [1.165, 1.54) is 12.8 Å². The molecule has 0 radical (unpaired) electrons. The van der Waals surface area contributed by atoms with Crippen molar-refractivity contribution in [3.8, 4) is 0 Å². The van der Waals surface area contributed by atoms with Crippen LogP contribution in [0.4, 0.5) is 0 Å². The van der Waals surface area contributed by atoms with Crippen LogP contribution in [0, 0.1) is 0 Å². The lowest BCUT2D eigenvalue weighted by atomic mass is 9.92. The van der Waals surface area contributed by atoms with E-state index in [2.05, 4.69) is 5.32 Å². The van der Waals surface area contributed by atoms with E-state index in [-0.39, 0.29) is 37.1 Å². The third kappa shape index (κ3) is 3.23. The zero-order valence-electron chi connectivity index (χ0n) is 14.9. The van der Waals surface area contributed by atoms with E-state index >= 15 is 0 Å². The predicted octanol–water partition coefficient (Wildman–Crippen LogP) is 0.886. The molecule has 7 heteroatoms. The van der Waals surface area contributed by atoms with Gasteiger partial charge in [0.2, 0.25) is 0 Å². The Morgan fingerprint density at radius 1 is 0.958 bits per heavy atom. The Morgan fingerprint density at radius 2 is 1.58 bits per heavy atom. The van der Waals surface area contributed by atoms with Crippen molar-refractivity contribution < 1.29 is 28.8 Å². The first-order valence-electron chi connectivity index (χ1n) is 9.02. The summed E-state index contributed by atoms with van der Waals surface area (Å²) >= 11 is 0. The largest absolute Gasteiger partial charge is 0.396 e. The van der Waals surface area contributed by atoms with Crippen molar-refractivity contribution in [3.05, 3.63) is 0 Å². The lowest BCUT2D eigenvalue weighted by molar-refractivity contribution is -0.240. The molecule has 1 aliphatic carbocycles. The van der Waals surface area contributed by atoms with Gasteiger partial charge in [-0.2, -0.15) is 0 Å². The lowest BCUT2D eigenvalue weighted by Gasteiger charge is -2.41. The highest BCUT2D eigenvalue weighted by molar-refractivity contribution is 5.04. The van der Waals surface area contributed by atoms with Crippen molar-refractivity contribution in [1.82, 2.24) is 5.32 Å². The standard InChI is InChI=1S/C17H29NO6/c1-16(2)21-12-11(10(7-8-19)18-9-5-6-9)20-15-14(13(12)22-16)23-17(3,4)24-15/h9-15,18-19H,5-8H2,1-4H3/t10-,11+,12-,13-,14+,15+/m0/s1. The Kier molecular flexibility index (Phi) is 4.20. The van der Waals surface area contributed by atoms with Crippen LogP contribution in [-0.2, 0) is 23.7 Å². The van der Waals surface area contributed by atoms with E-state index in [9.17, 15) is 5.11 Å². The molecule has 3 heterocycles. The summed E-state index contributed by atoms with van der Waals surface area (Å²) in [4.78, 5) is 0. The molecule has 0 aromatic rings. The van der Waals surface area contributed by atoms with Gasteiger partial charge in [0.15, 0.2) is 17.9 Å². The van der Waals surface area contributed by atoms with Gasteiger partial charge in [-0.05, 0) is 47.0 Å². The average molecular weight is 343 g/mol. The molecule has 4 aliphatic rings. The van der Waals surface area contributed by atoms with Gasteiger partial charge < -0.3 is 34.1 Å². The second-order valence-corrected chi connectivity index (χ2v) is 8.19. The summed E-state index contributed by atoms with van der Waals surface area (Å²) < 4.78 is 30.5. The molecular weight excluding hydrogens is 314 g/mol. The molecule has 0 spiro atoms. The van der Waals surface area contributed by atoms with Gasteiger partial charge in [0, 0.05) is 18.7 Å². The molecule has 0 unspecified atom stereocenters. The third-order valence-electron chi connectivity index (χ3n) is 5.05. The molecule has 0 bridgehead atoms. The van der Waals surface area contributed by atoms with Gasteiger partial charge in [0.05, 0.1) is 0 Å². The van der Waals surface area contributed by atoms with Crippen LogP contribution in [0.25, 0.3) is 0 Å². The number of ether oxygens (including phenoxy) is 5. The number of nitrogens with one attached hydrogen (secondary N) is 1. The van der Waals surface area contributed by atoms with E-state index < -0.39 is 17.9 Å². The fourth-order valence-electron chi connectivity index (χ4n) is 4.00. The third-order valence-corrected chi connectivity index (χ3v) is 5.05. The number of hydrogen-bond acceptors (Lipinski definition) is 7. The zero-order valence-corrected chi connectivity index (χ0v) is 14.9. The number of fused-ring (bicyclic) bond motifs is 3. The summed E-state index contributed by atoms with van der Waals surface area (Å²) in [5, 5.41) is 13.1. The molecule has 2 N–H and O–H groups in total. The molecule has 24 heavy (non-hydrogen) atoms. The minimum absolute atomic E-state index is 0.000706. The van der Waals surface area contributed by atoms with Crippen LogP contribution in [0.3, 0.4) is 0 Å². The van der Waals surface area contributed by atoms with Crippen molar-refractivity contribution >= 4 is 0 Å². The van der Waals surface area contributed by atoms with Crippen LogP contribution in [0.1, 0.15) is 47.0 Å². The summed E-state index contributed by atoms with van der Waals surface area (Å²) in [6.45, 7) is 7.69. The van der Waals surface area contributed by atoms with Gasteiger partial charge in [0.25, 0.3) is 0 Å². The normalized spacial score (nSPS) is 44.1. The zero-order chi connectivity index (χ0) is 17.1. The quantitative estimate of drug-likeness (QED) is 0.767. The minimum atomic E-state index is -0.707. The van der Waals surface area contributed by atoms with Crippen molar-refractivity contribution in [1.29, 1.82) is 0 Å². The molecule has 6 atom stereocenters. The van der Waals surface area contributed by atoms with Crippen LogP contribution < -0.4 is 5.32 Å². The number of aliphatic hydroxyl groups is 1. The average Bonchev–Trinajstić information content (AvgIpc) is 3.13. The van der Waals surface area contributed by atoms with Crippen molar-refractivity contribution in [2.75, 3.05) is 6.61 Å². The first kappa shape index (κ1) is 17.1. The van der Waals surface area contributed by atoms with Gasteiger partial charge in [-0.1, -0.05) is 0 Å². The van der Waals surface area contributed by atoms with Gasteiger partial charge >= 0.3 is 0 Å². The van der Waals surface area contributed by atoms with Gasteiger partial charge in [0.1, 0.15) is 24.4 Å². The summed E-state index contributed by atoms with van der Waals surface area (Å²) in [7, 11) is 0. The molecule has 3 aliphatic heterocycles. The fourth-order valence-corrected chi connectivity index (χ4v) is 4.00. The minimum Gasteiger partial charge on any atom is -0.396 e. The van der Waals surface area contributed by atoms with E-state index in [1.54, 1.807) is 0 Å². The Morgan fingerprint density at radius 3 is 2.25 bits per heavy atom. The lowest BCUT2D eigenvalue weighted by Crippen LogP contribution is -2.61. The summed E-state index contributed by atoms with van der Waals surface area (Å²) in [5.74, 6) is -1.40. The summed E-state index contributed by atoms with van der Waals surface area (Å²) in [6, 6.07) is 0.509. The molecule has 0 amide bonds. The first-order valence-corrected chi connectivity index (χ1v) is 9.02. The van der Waals surface area contributed by atoms with Gasteiger partial charge in [-0.15, -0.1) is 0 Å². The highest BCUT2D eigenvalue weighted by Gasteiger charge is 2.61. The second-order valence-electron chi connectivity index (χ2n) is 8.19. The maximum atomic E-state index is 9.49. The van der Waals surface area contributed by atoms with E-state index in [0.717, 1.165) is 0 Å². The summed E-state index contributed by atoms with van der Waals surface area (Å²) in [5.41, 5.74) is 0. The highest BCUT2D eigenvalue weighted by atomic mass is 16.9. The molecule has 4 fully saturated rings. The van der Waals surface area contributed by atoms with Crippen LogP contribution in [-0.4, -0.2) is 66.1 Å². The smallest absolute Gasteiger partial charge is 0.190 e. The predicted molar refractivity (Wildman–Crippen MR) is 84.2 cm³/mol. The topological polar surface area (TPSA) is 78.4 Å². The monoisotopic (exact) mass is 343 g/mol. The Balaban J connectivity index is 1.59. The maximum absolute atomic E-state index is 9.49. The highest BCUT2D eigenvalue weighted by Crippen LogP contribution is 2.45. The molecule has 138 valence electrons. The van der Waals surface area contributed by atoms with Crippen molar-refractivity contribution in [2.45, 2.75) is 101 Å². The summed E-state index contributed by atoms with van der Waals surface area (Å²) in [6.07, 6.45) is 1.42. The van der Waals surface area contributed by atoms with Crippen molar-refractivity contribution in [3.63, 3.8) is 0 Å². The fraction of sp³-hybridized carbons (Fsp3) is 1.00. The van der Waals surface area contributed by atoms with E-state index in [4.69, 9.17) is 23.7 Å². The Hall–Kier alpha value is -0.280. The second kappa shape index (κ2) is 5.87. The number of hydrogen-bond donors (Lipinski definition) is 2. The molecule has 7 nitrogen and oxygen atoms in total. The SMILES string of the molecule is CC1(C)O[C@@H]2[C@H](O1)[C@H]1OC(C)(C)O[C@H]1O[C@@H]2[C@H](CCO)NC1CC1. The maximum Gasteiger partial charge on any atom is 0.190 e. The number of rotatable bonds is 5. The van der Waals surface area contributed by atoms with Gasteiger partial charge in [-0.3, -0.25) is 0 Å². The molecule has 0 aromatic carbocycles. The molecule has 0 aromatic heterocycles. The van der Waals surface area contributed by atoms with Crippen LogP contribution in [0.2, 0.25) is 0 Å². The molecule has 1 saturated carbocycles. The van der Waals surface area contributed by atoms with E-state index in [0.29, 0.717) is 12.5 Å². The molecular formula is C17H29NO6. The first-order chi connectivity index (χ1) is 11.3. The van der Waals surface area contributed by atoms with E-state index in [1.807, 2.05) is 27.7 Å². The van der Waals surface area contributed by atoms with Gasteiger partial charge in [-0.25, -0.2) is 0 Å². The van der Waals surface area contributed by atoms with Crippen LogP contribution in [0.5, 0.6) is 0 Å².